The Balaban J connectivity index is 2.37. The minimum absolute atomic E-state index is 0.0897. The van der Waals surface area contributed by atoms with Crippen LogP contribution in [0.5, 0.6) is 0 Å². The van der Waals surface area contributed by atoms with Crippen LogP contribution in [0.4, 0.5) is 0 Å². The highest BCUT2D eigenvalue weighted by Crippen LogP contribution is 2.36. The van der Waals surface area contributed by atoms with E-state index in [4.69, 9.17) is 17.0 Å². The van der Waals surface area contributed by atoms with Crippen molar-refractivity contribution in [1.29, 1.82) is 0 Å². The molecule has 1 N–H and O–H groups in total. The summed E-state index contributed by atoms with van der Waals surface area (Å²) in [6, 6.07) is 0.218. The highest BCUT2D eigenvalue weighted by molar-refractivity contribution is 7.71. The molecule has 13 heavy (non-hydrogen) atoms. The van der Waals surface area contributed by atoms with E-state index in [-0.39, 0.29) is 11.5 Å². The Labute approximate surface area is 81.1 Å². The minimum Gasteiger partial charge on any atom is -0.379 e. The second kappa shape index (κ2) is 2.88. The van der Waals surface area contributed by atoms with E-state index in [0.29, 0.717) is 11.4 Å². The lowest BCUT2D eigenvalue weighted by atomic mass is 9.88. The Bertz CT molecular complexity index is 355. The van der Waals surface area contributed by atoms with Gasteiger partial charge in [0, 0.05) is 5.41 Å². The lowest BCUT2D eigenvalue weighted by molar-refractivity contribution is 0.166. The van der Waals surface area contributed by atoms with Gasteiger partial charge >= 0.3 is 0 Å². The first kappa shape index (κ1) is 8.83. The van der Waals surface area contributed by atoms with Crippen LogP contribution >= 0.6 is 12.2 Å². The summed E-state index contributed by atoms with van der Waals surface area (Å²) in [6.45, 7) is 5.71. The van der Waals surface area contributed by atoms with E-state index in [0.717, 1.165) is 6.61 Å². The van der Waals surface area contributed by atoms with E-state index in [1.165, 1.54) is 0 Å². The molecule has 0 radical (unpaired) electrons. The molecule has 1 aromatic rings. The number of rotatable bonds is 1. The van der Waals surface area contributed by atoms with Crippen LogP contribution in [0.25, 0.3) is 0 Å². The van der Waals surface area contributed by atoms with Crippen LogP contribution in [0.2, 0.25) is 0 Å². The Morgan fingerprint density at radius 2 is 2.46 bits per heavy atom. The lowest BCUT2D eigenvalue weighted by Crippen LogP contribution is -2.26. The first-order valence-electron chi connectivity index (χ1n) is 4.18. The Morgan fingerprint density at radius 1 is 1.69 bits per heavy atom. The molecule has 1 aliphatic heterocycles. The van der Waals surface area contributed by atoms with Gasteiger partial charge in [-0.3, -0.25) is 0 Å². The topological polar surface area (TPSA) is 55.7 Å². The van der Waals surface area contributed by atoms with Gasteiger partial charge in [0.1, 0.15) is 0 Å². The van der Waals surface area contributed by atoms with Gasteiger partial charge in [0.15, 0.2) is 0 Å². The van der Waals surface area contributed by atoms with Crippen molar-refractivity contribution in [2.75, 3.05) is 13.2 Å². The summed E-state index contributed by atoms with van der Waals surface area (Å²) >= 11 is 5.03. The summed E-state index contributed by atoms with van der Waals surface area (Å²) in [7, 11) is 0. The third kappa shape index (κ3) is 1.40. The van der Waals surface area contributed by atoms with Crippen LogP contribution in [0.15, 0.2) is 0 Å². The number of nitrogens with zero attached hydrogens (tertiary/aromatic N) is 3. The molecule has 72 valence electrons. The quantitative estimate of drug-likeness (QED) is 0.685. The molecule has 1 fully saturated rings. The molecule has 1 aromatic heterocycles. The first-order chi connectivity index (χ1) is 6.11. The first-order valence-corrected chi connectivity index (χ1v) is 4.59. The van der Waals surface area contributed by atoms with Crippen molar-refractivity contribution in [2.24, 2.45) is 5.41 Å². The maximum atomic E-state index is 5.41. The largest absolute Gasteiger partial charge is 0.379 e. The summed E-state index contributed by atoms with van der Waals surface area (Å²) in [5.41, 5.74) is 0.0897. The van der Waals surface area contributed by atoms with Gasteiger partial charge in [0.25, 0.3) is 0 Å². The Kier molecular flexibility index (Phi) is 1.96. The number of nitrogens with one attached hydrogen (secondary N) is 1. The SMILES string of the molecule is CC1(C)COCC1n1[nH]nnc1=S. The molecule has 0 saturated carbocycles. The lowest BCUT2D eigenvalue weighted by Gasteiger charge is -2.23. The van der Waals surface area contributed by atoms with E-state index < -0.39 is 0 Å². The molecule has 2 heterocycles. The molecule has 0 bridgehead atoms. The van der Waals surface area contributed by atoms with Gasteiger partial charge in [-0.15, -0.1) is 0 Å². The molecule has 0 aromatic carbocycles. The van der Waals surface area contributed by atoms with Crippen molar-refractivity contribution in [1.82, 2.24) is 20.2 Å². The van der Waals surface area contributed by atoms with Gasteiger partial charge in [-0.1, -0.05) is 24.2 Å². The van der Waals surface area contributed by atoms with E-state index >= 15 is 0 Å². The predicted octanol–water partition coefficient (Wildman–Crippen LogP) is 0.933. The minimum atomic E-state index is 0.0897. The maximum absolute atomic E-state index is 5.41. The van der Waals surface area contributed by atoms with Crippen molar-refractivity contribution in [2.45, 2.75) is 19.9 Å². The van der Waals surface area contributed by atoms with Gasteiger partial charge in [-0.2, -0.15) is 5.21 Å². The van der Waals surface area contributed by atoms with Gasteiger partial charge in [0.05, 0.1) is 19.3 Å². The molecule has 1 atom stereocenters. The summed E-state index contributed by atoms with van der Waals surface area (Å²) < 4.78 is 7.69. The fraction of sp³-hybridized carbons (Fsp3) is 0.857. The van der Waals surface area contributed by atoms with Crippen molar-refractivity contribution >= 4 is 12.2 Å². The van der Waals surface area contributed by atoms with E-state index in [1.54, 1.807) is 4.68 Å². The number of hydrogen-bond acceptors (Lipinski definition) is 4. The fourth-order valence-electron chi connectivity index (χ4n) is 1.59. The molecule has 5 nitrogen and oxygen atoms in total. The number of tetrazole rings is 1. The number of ether oxygens (including phenoxy) is 1. The smallest absolute Gasteiger partial charge is 0.238 e. The highest BCUT2D eigenvalue weighted by atomic mass is 32.1. The van der Waals surface area contributed by atoms with Gasteiger partial charge < -0.3 is 4.74 Å². The normalized spacial score (nSPS) is 26.5. The third-order valence-electron chi connectivity index (χ3n) is 2.46. The zero-order valence-corrected chi connectivity index (χ0v) is 8.47. The molecule has 0 amide bonds. The van der Waals surface area contributed by atoms with Crippen molar-refractivity contribution < 1.29 is 4.74 Å². The molecule has 1 aliphatic rings. The molecule has 0 spiro atoms. The summed E-state index contributed by atoms with van der Waals surface area (Å²) in [6.07, 6.45) is 0. The van der Waals surface area contributed by atoms with Crippen LogP contribution in [0, 0.1) is 10.2 Å². The number of hydrogen-bond donors (Lipinski definition) is 1. The highest BCUT2D eigenvalue weighted by Gasteiger charge is 2.37. The molecule has 2 rings (SSSR count). The van der Waals surface area contributed by atoms with Gasteiger partial charge in [-0.05, 0) is 12.2 Å². The number of aromatic nitrogens is 4. The third-order valence-corrected chi connectivity index (χ3v) is 2.74. The van der Waals surface area contributed by atoms with Crippen LogP contribution in [0.1, 0.15) is 19.9 Å². The molecule has 1 unspecified atom stereocenters. The second-order valence-corrected chi connectivity index (χ2v) is 4.34. The molecule has 6 heteroatoms. The van der Waals surface area contributed by atoms with Gasteiger partial charge in [-0.25, -0.2) is 4.68 Å². The van der Waals surface area contributed by atoms with Gasteiger partial charge in [0.2, 0.25) is 4.77 Å². The zero-order valence-electron chi connectivity index (χ0n) is 7.65. The van der Waals surface area contributed by atoms with Crippen LogP contribution in [0.3, 0.4) is 0 Å². The Morgan fingerprint density at radius 3 is 2.92 bits per heavy atom. The summed E-state index contributed by atoms with van der Waals surface area (Å²) in [5, 5.41) is 10.2. The van der Waals surface area contributed by atoms with Crippen LogP contribution < -0.4 is 0 Å². The average Bonchev–Trinajstić information content (AvgIpc) is 2.56. The molecular weight excluding hydrogens is 188 g/mol. The molecular formula is C7H12N4OS. The van der Waals surface area contributed by atoms with E-state index in [2.05, 4.69) is 29.4 Å². The number of H-pyrrole nitrogens is 1. The fourth-order valence-corrected chi connectivity index (χ4v) is 1.80. The van der Waals surface area contributed by atoms with Crippen molar-refractivity contribution in [3.63, 3.8) is 0 Å². The number of aromatic amines is 1. The molecule has 1 saturated heterocycles. The van der Waals surface area contributed by atoms with E-state index in [1.807, 2.05) is 0 Å². The second-order valence-electron chi connectivity index (χ2n) is 3.97. The maximum Gasteiger partial charge on any atom is 0.238 e. The zero-order chi connectivity index (χ0) is 9.47. The predicted molar refractivity (Wildman–Crippen MR) is 48.8 cm³/mol. The Hall–Kier alpha value is -0.750. The van der Waals surface area contributed by atoms with Crippen molar-refractivity contribution in [3.8, 4) is 0 Å². The summed E-state index contributed by atoms with van der Waals surface area (Å²) in [4.78, 5) is 0. The van der Waals surface area contributed by atoms with Crippen molar-refractivity contribution in [3.05, 3.63) is 4.77 Å². The van der Waals surface area contributed by atoms with E-state index in [9.17, 15) is 0 Å². The van der Waals surface area contributed by atoms with Crippen LogP contribution in [-0.4, -0.2) is 33.4 Å². The summed E-state index contributed by atoms with van der Waals surface area (Å²) in [5.74, 6) is 0. The average molecular weight is 200 g/mol. The standard InChI is InChI=1S/C7H12N4OS/c1-7(2)4-12-3-5(7)11-6(13)8-9-10-11/h5H,3-4H2,1-2H3,(H,8,10,13). The van der Waals surface area contributed by atoms with Crippen LogP contribution in [-0.2, 0) is 4.74 Å². The molecule has 0 aliphatic carbocycles. The monoisotopic (exact) mass is 200 g/mol.